The second-order valence-corrected chi connectivity index (χ2v) is 5.77. The summed E-state index contributed by atoms with van der Waals surface area (Å²) in [5, 5.41) is 14.1. The summed E-state index contributed by atoms with van der Waals surface area (Å²) in [5.41, 5.74) is 2.77. The maximum Gasteiger partial charge on any atom is 0.118 e. The topological polar surface area (TPSA) is 37.8 Å². The zero-order chi connectivity index (χ0) is 13.5. The van der Waals surface area contributed by atoms with Crippen molar-refractivity contribution in [2.24, 2.45) is 0 Å². The molecule has 2 rings (SSSR count). The first-order valence-corrected chi connectivity index (χ1v) is 7.67. The fourth-order valence-corrected chi connectivity index (χ4v) is 2.84. The van der Waals surface area contributed by atoms with Gasteiger partial charge in [-0.1, -0.05) is 31.2 Å². The first-order chi connectivity index (χ1) is 9.29. The number of aryl methyl sites for hydroxylation is 3. The predicted molar refractivity (Wildman–Crippen MR) is 80.7 cm³/mol. The Bertz CT molecular complexity index is 508. The lowest BCUT2D eigenvalue weighted by Crippen LogP contribution is -2.15. The average Bonchev–Trinajstić information content (AvgIpc) is 2.86. The van der Waals surface area contributed by atoms with Gasteiger partial charge in [-0.3, -0.25) is 0 Å². The van der Waals surface area contributed by atoms with Crippen molar-refractivity contribution in [1.29, 1.82) is 0 Å². The van der Waals surface area contributed by atoms with E-state index in [4.69, 9.17) is 0 Å². The Balaban J connectivity index is 1.85. The monoisotopic (exact) mass is 275 g/mol. The number of benzene rings is 1. The molecule has 0 atom stereocenters. The molecule has 1 aromatic heterocycles. The van der Waals surface area contributed by atoms with E-state index in [9.17, 15) is 0 Å². The maximum absolute atomic E-state index is 4.28. The van der Waals surface area contributed by atoms with Gasteiger partial charge in [0.15, 0.2) is 0 Å². The Hall–Kier alpha value is -1.26. The predicted octanol–water partition coefficient (Wildman–Crippen LogP) is 2.78. The van der Waals surface area contributed by atoms with E-state index in [2.05, 4.69) is 53.6 Å². The Morgan fingerprint density at radius 3 is 2.53 bits per heavy atom. The number of aromatic nitrogens is 2. The van der Waals surface area contributed by atoms with Crippen molar-refractivity contribution in [3.8, 4) is 0 Å². The molecular formula is C15H21N3S. The van der Waals surface area contributed by atoms with Gasteiger partial charge in [0.25, 0.3) is 0 Å². The van der Waals surface area contributed by atoms with E-state index >= 15 is 0 Å². The summed E-state index contributed by atoms with van der Waals surface area (Å²) in [6, 6.07) is 8.55. The summed E-state index contributed by atoms with van der Waals surface area (Å²) < 4.78 is 0. The molecule has 0 amide bonds. The third kappa shape index (κ3) is 4.40. The molecule has 1 N–H and O–H groups in total. The SMILES string of the molecule is CCNCCc1nnc(CCc2ccccc2C)s1. The van der Waals surface area contributed by atoms with Crippen molar-refractivity contribution in [3.63, 3.8) is 0 Å². The number of likely N-dealkylation sites (N-methyl/N-ethyl adjacent to an activating group) is 1. The summed E-state index contributed by atoms with van der Waals surface area (Å²) in [6.07, 6.45) is 3.02. The molecule has 1 aromatic carbocycles. The molecule has 0 fully saturated rings. The highest BCUT2D eigenvalue weighted by atomic mass is 32.1. The zero-order valence-electron chi connectivity index (χ0n) is 11.6. The summed E-state index contributed by atoms with van der Waals surface area (Å²) in [7, 11) is 0. The van der Waals surface area contributed by atoms with Gasteiger partial charge in [0.2, 0.25) is 0 Å². The number of nitrogens with one attached hydrogen (secondary N) is 1. The molecule has 19 heavy (non-hydrogen) atoms. The molecular weight excluding hydrogens is 254 g/mol. The fourth-order valence-electron chi connectivity index (χ4n) is 1.99. The first kappa shape index (κ1) is 14.2. The highest BCUT2D eigenvalue weighted by molar-refractivity contribution is 7.11. The van der Waals surface area contributed by atoms with Crippen LogP contribution in [0.2, 0.25) is 0 Å². The van der Waals surface area contributed by atoms with E-state index in [-0.39, 0.29) is 0 Å². The molecule has 0 unspecified atom stereocenters. The van der Waals surface area contributed by atoms with Crippen LogP contribution in [0.3, 0.4) is 0 Å². The molecule has 0 radical (unpaired) electrons. The summed E-state index contributed by atoms with van der Waals surface area (Å²) in [5.74, 6) is 0. The lowest BCUT2D eigenvalue weighted by atomic mass is 10.0. The van der Waals surface area contributed by atoms with Gasteiger partial charge in [-0.2, -0.15) is 0 Å². The van der Waals surface area contributed by atoms with Gasteiger partial charge in [0.05, 0.1) is 0 Å². The molecule has 0 saturated heterocycles. The first-order valence-electron chi connectivity index (χ1n) is 6.86. The molecule has 0 aliphatic heterocycles. The van der Waals surface area contributed by atoms with Gasteiger partial charge in [0.1, 0.15) is 10.0 Å². The van der Waals surface area contributed by atoms with Crippen molar-refractivity contribution in [2.75, 3.05) is 13.1 Å². The summed E-state index contributed by atoms with van der Waals surface area (Å²) in [4.78, 5) is 0. The normalized spacial score (nSPS) is 10.8. The van der Waals surface area contributed by atoms with E-state index in [1.165, 1.54) is 11.1 Å². The minimum Gasteiger partial charge on any atom is -0.317 e. The van der Waals surface area contributed by atoms with Crippen LogP contribution in [0.25, 0.3) is 0 Å². The summed E-state index contributed by atoms with van der Waals surface area (Å²) in [6.45, 7) is 6.28. The van der Waals surface area contributed by atoms with Crippen LogP contribution >= 0.6 is 11.3 Å². The zero-order valence-corrected chi connectivity index (χ0v) is 12.5. The van der Waals surface area contributed by atoms with Crippen molar-refractivity contribution in [2.45, 2.75) is 33.1 Å². The smallest absolute Gasteiger partial charge is 0.118 e. The van der Waals surface area contributed by atoms with Gasteiger partial charge < -0.3 is 5.32 Å². The molecule has 0 saturated carbocycles. The molecule has 0 bridgehead atoms. The maximum atomic E-state index is 4.28. The molecule has 0 aliphatic rings. The fraction of sp³-hybridized carbons (Fsp3) is 0.467. The lowest BCUT2D eigenvalue weighted by molar-refractivity contribution is 0.709. The van der Waals surface area contributed by atoms with E-state index in [0.29, 0.717) is 0 Å². The third-order valence-electron chi connectivity index (χ3n) is 3.14. The van der Waals surface area contributed by atoms with Gasteiger partial charge in [-0.25, -0.2) is 0 Å². The highest BCUT2D eigenvalue weighted by Gasteiger charge is 2.05. The van der Waals surface area contributed by atoms with Gasteiger partial charge in [-0.05, 0) is 31.0 Å². The third-order valence-corrected chi connectivity index (χ3v) is 4.19. The molecule has 1 heterocycles. The molecule has 4 heteroatoms. The lowest BCUT2D eigenvalue weighted by Gasteiger charge is -2.02. The van der Waals surface area contributed by atoms with Crippen LogP contribution in [-0.2, 0) is 19.3 Å². The van der Waals surface area contributed by atoms with Crippen LogP contribution in [0.1, 0.15) is 28.1 Å². The van der Waals surface area contributed by atoms with E-state index < -0.39 is 0 Å². The van der Waals surface area contributed by atoms with Crippen LogP contribution in [0.4, 0.5) is 0 Å². The Morgan fingerprint density at radius 2 is 1.79 bits per heavy atom. The Labute approximate surface area is 119 Å². The largest absolute Gasteiger partial charge is 0.317 e. The van der Waals surface area contributed by atoms with Gasteiger partial charge in [-0.15, -0.1) is 21.5 Å². The number of hydrogen-bond donors (Lipinski definition) is 1. The van der Waals surface area contributed by atoms with Crippen LogP contribution < -0.4 is 5.32 Å². The van der Waals surface area contributed by atoms with E-state index in [1.54, 1.807) is 11.3 Å². The second-order valence-electron chi connectivity index (χ2n) is 4.62. The van der Waals surface area contributed by atoms with Crippen molar-refractivity contribution in [3.05, 3.63) is 45.4 Å². The van der Waals surface area contributed by atoms with E-state index in [0.717, 1.165) is 42.4 Å². The molecule has 0 spiro atoms. The van der Waals surface area contributed by atoms with Crippen LogP contribution in [-0.4, -0.2) is 23.3 Å². The quantitative estimate of drug-likeness (QED) is 0.790. The Morgan fingerprint density at radius 1 is 1.05 bits per heavy atom. The van der Waals surface area contributed by atoms with Crippen LogP contribution in [0, 0.1) is 6.92 Å². The highest BCUT2D eigenvalue weighted by Crippen LogP contribution is 2.15. The van der Waals surface area contributed by atoms with Crippen LogP contribution in [0.15, 0.2) is 24.3 Å². The van der Waals surface area contributed by atoms with Gasteiger partial charge in [0, 0.05) is 19.4 Å². The standard InChI is InChI=1S/C15H21N3S/c1-3-16-11-10-15-18-17-14(19-15)9-8-13-7-5-4-6-12(13)2/h4-7,16H,3,8-11H2,1-2H3. The van der Waals surface area contributed by atoms with Crippen LogP contribution in [0.5, 0.6) is 0 Å². The Kier molecular flexibility index (Phi) is 5.48. The van der Waals surface area contributed by atoms with Crippen molar-refractivity contribution >= 4 is 11.3 Å². The molecule has 102 valence electrons. The minimum absolute atomic E-state index is 0.982. The average molecular weight is 275 g/mol. The van der Waals surface area contributed by atoms with Crippen molar-refractivity contribution in [1.82, 2.24) is 15.5 Å². The molecule has 3 nitrogen and oxygen atoms in total. The second kappa shape index (κ2) is 7.36. The van der Waals surface area contributed by atoms with E-state index in [1.807, 2.05) is 0 Å². The minimum atomic E-state index is 0.982. The molecule has 2 aromatic rings. The number of rotatable bonds is 7. The van der Waals surface area contributed by atoms with Crippen molar-refractivity contribution < 1.29 is 0 Å². The summed E-state index contributed by atoms with van der Waals surface area (Å²) >= 11 is 1.75. The number of hydrogen-bond acceptors (Lipinski definition) is 4. The van der Waals surface area contributed by atoms with Gasteiger partial charge >= 0.3 is 0 Å². The molecule has 0 aliphatic carbocycles. The number of nitrogens with zero attached hydrogens (tertiary/aromatic N) is 2.